The molecule has 3 heteroatoms. The minimum absolute atomic E-state index is 0.475. The molecule has 0 saturated carbocycles. The smallest absolute Gasteiger partial charge is 0.0616 e. The van der Waals surface area contributed by atoms with E-state index < -0.39 is 0 Å². The van der Waals surface area contributed by atoms with Crippen molar-refractivity contribution in [3.63, 3.8) is 0 Å². The van der Waals surface area contributed by atoms with E-state index in [0.717, 1.165) is 25.8 Å². The lowest BCUT2D eigenvalue weighted by atomic mass is 10.2. The molecule has 1 saturated heterocycles. The summed E-state index contributed by atoms with van der Waals surface area (Å²) in [6.45, 7) is 11.7. The van der Waals surface area contributed by atoms with Crippen molar-refractivity contribution in [2.24, 2.45) is 0 Å². The van der Waals surface area contributed by atoms with Gasteiger partial charge in [0.1, 0.15) is 0 Å². The molecule has 0 aromatic carbocycles. The van der Waals surface area contributed by atoms with E-state index in [2.05, 4.69) is 24.1 Å². The van der Waals surface area contributed by atoms with Gasteiger partial charge in [-0.3, -0.25) is 4.90 Å². The number of hydrogen-bond donors (Lipinski definition) is 1. The first-order chi connectivity index (χ1) is 7.24. The molecule has 0 bridgehead atoms. The Labute approximate surface area is 94.2 Å². The Morgan fingerprint density at radius 2 is 2.33 bits per heavy atom. The van der Waals surface area contributed by atoms with Crippen LogP contribution in [-0.4, -0.2) is 49.8 Å². The van der Waals surface area contributed by atoms with E-state index in [4.69, 9.17) is 4.74 Å². The third kappa shape index (κ3) is 4.96. The molecule has 1 heterocycles. The highest BCUT2D eigenvalue weighted by Gasteiger charge is 2.19. The fourth-order valence-corrected chi connectivity index (χ4v) is 2.13. The Morgan fingerprint density at radius 1 is 1.53 bits per heavy atom. The molecule has 0 amide bonds. The second-order valence-electron chi connectivity index (χ2n) is 4.54. The van der Waals surface area contributed by atoms with Crippen LogP contribution in [0.2, 0.25) is 0 Å². The Kier molecular flexibility index (Phi) is 6.22. The standard InChI is InChI=1S/C12H26N2O/c1-4-15-10-11(2)13-7-9-14-8-5-6-12(14)3/h11-13H,4-10H2,1-3H3. The summed E-state index contributed by atoms with van der Waals surface area (Å²) in [5, 5.41) is 3.50. The summed E-state index contributed by atoms with van der Waals surface area (Å²) in [6, 6.07) is 1.26. The molecule has 2 atom stereocenters. The molecule has 0 aliphatic carbocycles. The van der Waals surface area contributed by atoms with Crippen molar-refractivity contribution < 1.29 is 4.74 Å². The van der Waals surface area contributed by atoms with Gasteiger partial charge in [-0.1, -0.05) is 0 Å². The minimum Gasteiger partial charge on any atom is -0.380 e. The van der Waals surface area contributed by atoms with Gasteiger partial charge in [-0.25, -0.2) is 0 Å². The van der Waals surface area contributed by atoms with Crippen molar-refractivity contribution in [3.05, 3.63) is 0 Å². The molecule has 1 N–H and O–H groups in total. The van der Waals surface area contributed by atoms with Crippen LogP contribution in [0.25, 0.3) is 0 Å². The summed E-state index contributed by atoms with van der Waals surface area (Å²) in [5.74, 6) is 0. The van der Waals surface area contributed by atoms with Crippen LogP contribution < -0.4 is 5.32 Å². The fraction of sp³-hybridized carbons (Fsp3) is 1.00. The lowest BCUT2D eigenvalue weighted by Gasteiger charge is -2.22. The predicted octanol–water partition coefficient (Wildman–Crippen LogP) is 1.49. The van der Waals surface area contributed by atoms with E-state index in [1.807, 2.05) is 6.92 Å². The molecular weight excluding hydrogens is 188 g/mol. The monoisotopic (exact) mass is 214 g/mol. The van der Waals surface area contributed by atoms with Crippen molar-refractivity contribution >= 4 is 0 Å². The molecule has 1 fully saturated rings. The van der Waals surface area contributed by atoms with Crippen LogP contribution in [0.15, 0.2) is 0 Å². The van der Waals surface area contributed by atoms with Gasteiger partial charge in [0.2, 0.25) is 0 Å². The average molecular weight is 214 g/mol. The zero-order valence-electron chi connectivity index (χ0n) is 10.5. The summed E-state index contributed by atoms with van der Waals surface area (Å²) in [6.07, 6.45) is 2.74. The Bertz CT molecular complexity index is 164. The summed E-state index contributed by atoms with van der Waals surface area (Å²) in [5.41, 5.74) is 0. The van der Waals surface area contributed by atoms with Gasteiger partial charge >= 0.3 is 0 Å². The minimum atomic E-state index is 0.475. The number of ether oxygens (including phenoxy) is 1. The highest BCUT2D eigenvalue weighted by Crippen LogP contribution is 2.14. The zero-order valence-corrected chi connectivity index (χ0v) is 10.5. The molecule has 0 spiro atoms. The van der Waals surface area contributed by atoms with Crippen LogP contribution >= 0.6 is 0 Å². The molecule has 1 aliphatic rings. The summed E-state index contributed by atoms with van der Waals surface area (Å²) in [4.78, 5) is 2.57. The number of nitrogens with one attached hydrogen (secondary N) is 1. The highest BCUT2D eigenvalue weighted by atomic mass is 16.5. The molecule has 1 rings (SSSR count). The lowest BCUT2D eigenvalue weighted by molar-refractivity contribution is 0.126. The van der Waals surface area contributed by atoms with Crippen LogP contribution in [0.3, 0.4) is 0 Å². The van der Waals surface area contributed by atoms with E-state index in [1.165, 1.54) is 25.9 Å². The zero-order chi connectivity index (χ0) is 11.1. The van der Waals surface area contributed by atoms with Gasteiger partial charge in [-0.2, -0.15) is 0 Å². The van der Waals surface area contributed by atoms with E-state index in [9.17, 15) is 0 Å². The topological polar surface area (TPSA) is 24.5 Å². The van der Waals surface area contributed by atoms with E-state index in [0.29, 0.717) is 6.04 Å². The van der Waals surface area contributed by atoms with Crippen LogP contribution in [0.5, 0.6) is 0 Å². The maximum Gasteiger partial charge on any atom is 0.0616 e. The van der Waals surface area contributed by atoms with Gasteiger partial charge < -0.3 is 10.1 Å². The molecule has 2 unspecified atom stereocenters. The number of nitrogens with zero attached hydrogens (tertiary/aromatic N) is 1. The number of hydrogen-bond acceptors (Lipinski definition) is 3. The molecule has 1 aliphatic heterocycles. The second-order valence-corrected chi connectivity index (χ2v) is 4.54. The Hall–Kier alpha value is -0.120. The first kappa shape index (κ1) is 12.9. The van der Waals surface area contributed by atoms with Crippen molar-refractivity contribution in [2.45, 2.75) is 45.7 Å². The highest BCUT2D eigenvalue weighted by molar-refractivity contribution is 4.75. The molecule has 0 aromatic rings. The fourth-order valence-electron chi connectivity index (χ4n) is 2.13. The Balaban J connectivity index is 2.00. The molecule has 0 aromatic heterocycles. The van der Waals surface area contributed by atoms with Gasteiger partial charge in [0.15, 0.2) is 0 Å². The summed E-state index contributed by atoms with van der Waals surface area (Å²) in [7, 11) is 0. The predicted molar refractivity (Wildman–Crippen MR) is 64.2 cm³/mol. The first-order valence-electron chi connectivity index (χ1n) is 6.29. The van der Waals surface area contributed by atoms with Crippen LogP contribution in [0.1, 0.15) is 33.6 Å². The van der Waals surface area contributed by atoms with E-state index >= 15 is 0 Å². The van der Waals surface area contributed by atoms with E-state index in [-0.39, 0.29) is 0 Å². The van der Waals surface area contributed by atoms with Crippen molar-refractivity contribution in [1.29, 1.82) is 0 Å². The van der Waals surface area contributed by atoms with Crippen LogP contribution in [0, 0.1) is 0 Å². The van der Waals surface area contributed by atoms with Gasteiger partial charge in [0, 0.05) is 31.8 Å². The van der Waals surface area contributed by atoms with Gasteiger partial charge in [0.05, 0.1) is 6.61 Å². The SMILES string of the molecule is CCOCC(C)NCCN1CCCC1C. The third-order valence-corrected chi connectivity index (χ3v) is 3.15. The quantitative estimate of drug-likeness (QED) is 0.695. The molecule has 0 radical (unpaired) electrons. The first-order valence-corrected chi connectivity index (χ1v) is 6.29. The van der Waals surface area contributed by atoms with Gasteiger partial charge in [-0.15, -0.1) is 0 Å². The largest absolute Gasteiger partial charge is 0.380 e. The van der Waals surface area contributed by atoms with Gasteiger partial charge in [0.25, 0.3) is 0 Å². The maximum atomic E-state index is 5.36. The molecule has 90 valence electrons. The van der Waals surface area contributed by atoms with Crippen molar-refractivity contribution in [2.75, 3.05) is 32.8 Å². The number of likely N-dealkylation sites (tertiary alicyclic amines) is 1. The lowest BCUT2D eigenvalue weighted by Crippen LogP contribution is -2.39. The van der Waals surface area contributed by atoms with Crippen LogP contribution in [-0.2, 0) is 4.74 Å². The normalized spacial score (nSPS) is 24.6. The Morgan fingerprint density at radius 3 is 2.93 bits per heavy atom. The second kappa shape index (κ2) is 7.20. The summed E-state index contributed by atoms with van der Waals surface area (Å²) < 4.78 is 5.36. The van der Waals surface area contributed by atoms with Gasteiger partial charge in [-0.05, 0) is 40.2 Å². The van der Waals surface area contributed by atoms with E-state index in [1.54, 1.807) is 0 Å². The molecular formula is C12H26N2O. The number of rotatable bonds is 7. The van der Waals surface area contributed by atoms with Crippen molar-refractivity contribution in [1.82, 2.24) is 10.2 Å². The average Bonchev–Trinajstić information content (AvgIpc) is 2.61. The molecule has 3 nitrogen and oxygen atoms in total. The van der Waals surface area contributed by atoms with Crippen molar-refractivity contribution in [3.8, 4) is 0 Å². The van der Waals surface area contributed by atoms with Crippen LogP contribution in [0.4, 0.5) is 0 Å². The summed E-state index contributed by atoms with van der Waals surface area (Å²) >= 11 is 0. The third-order valence-electron chi connectivity index (χ3n) is 3.15. The maximum absolute atomic E-state index is 5.36. The molecule has 15 heavy (non-hydrogen) atoms.